The van der Waals surface area contributed by atoms with Crippen LogP contribution in [-0.2, 0) is 4.74 Å². The third-order valence-corrected chi connectivity index (χ3v) is 3.58. The van der Waals surface area contributed by atoms with Crippen molar-refractivity contribution in [2.75, 3.05) is 12.4 Å². The van der Waals surface area contributed by atoms with Gasteiger partial charge in [0, 0.05) is 13.2 Å². The van der Waals surface area contributed by atoms with E-state index in [1.165, 1.54) is 6.42 Å². The van der Waals surface area contributed by atoms with E-state index in [4.69, 9.17) is 9.15 Å². The van der Waals surface area contributed by atoms with Gasteiger partial charge in [-0.3, -0.25) is 0 Å². The van der Waals surface area contributed by atoms with Crippen molar-refractivity contribution in [2.45, 2.75) is 37.8 Å². The van der Waals surface area contributed by atoms with Gasteiger partial charge in [0.05, 0.1) is 6.10 Å². The lowest BCUT2D eigenvalue weighted by atomic mass is 9.93. The Hall–Kier alpha value is -1.55. The molecule has 3 rings (SSSR count). The van der Waals surface area contributed by atoms with Crippen LogP contribution in [0.1, 0.15) is 25.7 Å². The average Bonchev–Trinajstić information content (AvgIpc) is 2.81. The second kappa shape index (κ2) is 4.98. The molecular weight excluding hydrogens is 228 g/mol. The number of ether oxygens (including phenoxy) is 1. The molecule has 1 N–H and O–H groups in total. The molecule has 0 bridgehead atoms. The Kier molecular flexibility index (Phi) is 3.19. The number of nitrogens with zero attached hydrogens (tertiary/aromatic N) is 1. The number of aromatic nitrogens is 1. The molecule has 1 heterocycles. The summed E-state index contributed by atoms with van der Waals surface area (Å²) < 4.78 is 11.1. The fourth-order valence-electron chi connectivity index (χ4n) is 2.60. The Morgan fingerprint density at radius 2 is 2.22 bits per heavy atom. The molecule has 4 nitrogen and oxygen atoms in total. The number of anilines is 1. The van der Waals surface area contributed by atoms with Crippen LogP contribution in [0.5, 0.6) is 0 Å². The molecule has 2 aromatic rings. The molecule has 1 aliphatic rings. The summed E-state index contributed by atoms with van der Waals surface area (Å²) in [6, 6.07) is 8.85. The van der Waals surface area contributed by atoms with Crippen LogP contribution in [0.3, 0.4) is 0 Å². The summed E-state index contributed by atoms with van der Waals surface area (Å²) in [6.07, 6.45) is 4.88. The SMILES string of the molecule is COC1CCCC(Nc2nc3ccccc3o2)C1. The lowest BCUT2D eigenvalue weighted by Gasteiger charge is -2.28. The molecule has 1 aliphatic carbocycles. The molecule has 1 saturated carbocycles. The van der Waals surface area contributed by atoms with Crippen LogP contribution in [0, 0.1) is 0 Å². The summed E-state index contributed by atoms with van der Waals surface area (Å²) in [5.74, 6) is 0. The Morgan fingerprint density at radius 1 is 1.33 bits per heavy atom. The van der Waals surface area contributed by atoms with Crippen molar-refractivity contribution in [3.63, 3.8) is 0 Å². The summed E-state index contributed by atoms with van der Waals surface area (Å²) in [5.41, 5.74) is 1.73. The van der Waals surface area contributed by atoms with Crippen LogP contribution in [0.15, 0.2) is 28.7 Å². The molecule has 0 aliphatic heterocycles. The zero-order chi connectivity index (χ0) is 12.4. The quantitative estimate of drug-likeness (QED) is 0.903. The largest absolute Gasteiger partial charge is 0.424 e. The normalized spacial score (nSPS) is 24.3. The molecule has 2 unspecified atom stereocenters. The van der Waals surface area contributed by atoms with Crippen molar-refractivity contribution >= 4 is 17.1 Å². The van der Waals surface area contributed by atoms with Gasteiger partial charge in [0.25, 0.3) is 6.01 Å². The van der Waals surface area contributed by atoms with E-state index in [9.17, 15) is 0 Å². The number of methoxy groups -OCH3 is 1. The summed E-state index contributed by atoms with van der Waals surface area (Å²) in [6.45, 7) is 0. The number of nitrogens with one attached hydrogen (secondary N) is 1. The van der Waals surface area contributed by atoms with E-state index in [-0.39, 0.29) is 0 Å². The van der Waals surface area contributed by atoms with Gasteiger partial charge in [-0.15, -0.1) is 0 Å². The maximum absolute atomic E-state index is 5.68. The number of rotatable bonds is 3. The fourth-order valence-corrected chi connectivity index (χ4v) is 2.60. The van der Waals surface area contributed by atoms with Crippen molar-refractivity contribution in [1.82, 2.24) is 4.98 Å². The number of benzene rings is 1. The van der Waals surface area contributed by atoms with Gasteiger partial charge in [0.1, 0.15) is 5.52 Å². The number of hydrogen-bond donors (Lipinski definition) is 1. The molecule has 0 spiro atoms. The maximum Gasteiger partial charge on any atom is 0.295 e. The van der Waals surface area contributed by atoms with E-state index in [0.29, 0.717) is 18.2 Å². The average molecular weight is 246 g/mol. The van der Waals surface area contributed by atoms with Crippen LogP contribution in [0.2, 0.25) is 0 Å². The minimum Gasteiger partial charge on any atom is -0.424 e. The first kappa shape index (κ1) is 11.5. The Morgan fingerprint density at radius 3 is 3.06 bits per heavy atom. The molecular formula is C14H18N2O2. The van der Waals surface area contributed by atoms with Gasteiger partial charge in [0.15, 0.2) is 5.58 Å². The van der Waals surface area contributed by atoms with Crippen molar-refractivity contribution < 1.29 is 9.15 Å². The van der Waals surface area contributed by atoms with Gasteiger partial charge in [-0.25, -0.2) is 0 Å². The van der Waals surface area contributed by atoms with Crippen LogP contribution in [0.4, 0.5) is 6.01 Å². The third-order valence-electron chi connectivity index (χ3n) is 3.58. The van der Waals surface area contributed by atoms with Crippen LogP contribution in [-0.4, -0.2) is 24.2 Å². The summed E-state index contributed by atoms with van der Waals surface area (Å²) in [4.78, 5) is 4.44. The first-order valence-corrected chi connectivity index (χ1v) is 6.50. The first-order valence-electron chi connectivity index (χ1n) is 6.50. The van der Waals surface area contributed by atoms with Gasteiger partial charge in [-0.1, -0.05) is 12.1 Å². The second-order valence-electron chi connectivity index (χ2n) is 4.85. The van der Waals surface area contributed by atoms with E-state index >= 15 is 0 Å². The number of para-hydroxylation sites is 2. The van der Waals surface area contributed by atoms with E-state index in [0.717, 1.165) is 30.4 Å². The fraction of sp³-hybridized carbons (Fsp3) is 0.500. The molecule has 1 aromatic heterocycles. The molecule has 96 valence electrons. The molecule has 0 radical (unpaired) electrons. The van der Waals surface area contributed by atoms with Crippen molar-refractivity contribution in [2.24, 2.45) is 0 Å². The van der Waals surface area contributed by atoms with Gasteiger partial charge in [0.2, 0.25) is 0 Å². The van der Waals surface area contributed by atoms with Gasteiger partial charge in [-0.2, -0.15) is 4.98 Å². The highest BCUT2D eigenvalue weighted by Crippen LogP contribution is 2.25. The minimum atomic E-state index is 0.362. The molecule has 0 amide bonds. The van der Waals surface area contributed by atoms with Crippen LogP contribution >= 0.6 is 0 Å². The topological polar surface area (TPSA) is 47.3 Å². The van der Waals surface area contributed by atoms with Crippen LogP contribution in [0.25, 0.3) is 11.1 Å². The Labute approximate surface area is 106 Å². The number of hydrogen-bond acceptors (Lipinski definition) is 4. The van der Waals surface area contributed by atoms with Gasteiger partial charge < -0.3 is 14.5 Å². The van der Waals surface area contributed by atoms with Gasteiger partial charge in [-0.05, 0) is 37.8 Å². The lowest BCUT2D eigenvalue weighted by Crippen LogP contribution is -2.31. The zero-order valence-corrected chi connectivity index (χ0v) is 10.6. The standard InChI is InChI=1S/C14H18N2O2/c1-17-11-6-4-5-10(9-11)15-14-16-12-7-2-3-8-13(12)18-14/h2-3,7-8,10-11H,4-6,9H2,1H3,(H,15,16). The zero-order valence-electron chi connectivity index (χ0n) is 10.6. The van der Waals surface area contributed by atoms with Crippen molar-refractivity contribution in [1.29, 1.82) is 0 Å². The van der Waals surface area contributed by atoms with E-state index in [1.807, 2.05) is 24.3 Å². The van der Waals surface area contributed by atoms with E-state index in [2.05, 4.69) is 10.3 Å². The van der Waals surface area contributed by atoms with Crippen LogP contribution < -0.4 is 5.32 Å². The molecule has 1 fully saturated rings. The molecule has 1 aromatic carbocycles. The Balaban J connectivity index is 1.71. The molecule has 18 heavy (non-hydrogen) atoms. The molecule has 2 atom stereocenters. The minimum absolute atomic E-state index is 0.362. The summed E-state index contributed by atoms with van der Waals surface area (Å²) >= 11 is 0. The lowest BCUT2D eigenvalue weighted by molar-refractivity contribution is 0.0666. The predicted molar refractivity (Wildman–Crippen MR) is 70.7 cm³/mol. The summed E-state index contributed by atoms with van der Waals surface area (Å²) in [7, 11) is 1.78. The smallest absolute Gasteiger partial charge is 0.295 e. The predicted octanol–water partition coefficient (Wildman–Crippen LogP) is 3.20. The highest BCUT2D eigenvalue weighted by molar-refractivity contribution is 5.74. The maximum atomic E-state index is 5.68. The summed E-state index contributed by atoms with van der Waals surface area (Å²) in [5, 5.41) is 3.38. The van der Waals surface area contributed by atoms with E-state index < -0.39 is 0 Å². The number of fused-ring (bicyclic) bond motifs is 1. The highest BCUT2D eigenvalue weighted by atomic mass is 16.5. The first-order chi connectivity index (χ1) is 8.85. The third kappa shape index (κ3) is 2.34. The Bertz CT molecular complexity index is 490. The molecule has 0 saturated heterocycles. The monoisotopic (exact) mass is 246 g/mol. The number of oxazole rings is 1. The van der Waals surface area contributed by atoms with Crippen molar-refractivity contribution in [3.8, 4) is 0 Å². The highest BCUT2D eigenvalue weighted by Gasteiger charge is 2.22. The second-order valence-corrected chi connectivity index (χ2v) is 4.85. The van der Waals surface area contributed by atoms with E-state index in [1.54, 1.807) is 7.11 Å². The van der Waals surface area contributed by atoms with Gasteiger partial charge >= 0.3 is 0 Å². The molecule has 4 heteroatoms. The van der Waals surface area contributed by atoms with Crippen molar-refractivity contribution in [3.05, 3.63) is 24.3 Å².